The first kappa shape index (κ1) is 16.9. The molecule has 0 spiro atoms. The fourth-order valence-corrected chi connectivity index (χ4v) is 2.22. The van der Waals surface area contributed by atoms with Crippen molar-refractivity contribution in [1.29, 1.82) is 0 Å². The lowest BCUT2D eigenvalue weighted by molar-refractivity contribution is -0.131. The van der Waals surface area contributed by atoms with Gasteiger partial charge in [-0.1, -0.05) is 12.1 Å². The highest BCUT2D eigenvalue weighted by Crippen LogP contribution is 2.06. The number of sulfone groups is 1. The molecule has 0 aliphatic carbocycles. The molecule has 114 valence electrons. The average molecular weight is 311 g/mol. The molecule has 21 heavy (non-hydrogen) atoms. The molecule has 1 rings (SSSR count). The van der Waals surface area contributed by atoms with E-state index in [1.165, 1.54) is 6.08 Å². The summed E-state index contributed by atoms with van der Waals surface area (Å²) in [6.45, 7) is 0.284. The zero-order chi connectivity index (χ0) is 15.9. The number of carbonyl (C=O) groups excluding carboxylic acids is 1. The molecular weight excluding hydrogens is 294 g/mol. The predicted molar refractivity (Wildman–Crippen MR) is 79.8 cm³/mol. The van der Waals surface area contributed by atoms with Gasteiger partial charge in [-0.25, -0.2) is 13.2 Å². The Hall–Kier alpha value is -2.15. The maximum Gasteiger partial charge on any atom is 0.328 e. The minimum atomic E-state index is -3.01. The number of carbonyl (C=O) groups is 2. The van der Waals surface area contributed by atoms with Crippen LogP contribution in [0.4, 0.5) is 0 Å². The van der Waals surface area contributed by atoms with E-state index < -0.39 is 15.8 Å². The van der Waals surface area contributed by atoms with E-state index in [0.717, 1.165) is 12.3 Å². The van der Waals surface area contributed by atoms with Crippen LogP contribution in [-0.4, -0.2) is 44.0 Å². The number of carboxylic acids is 1. The third-order valence-electron chi connectivity index (χ3n) is 2.57. The van der Waals surface area contributed by atoms with Gasteiger partial charge in [-0.2, -0.15) is 0 Å². The molecule has 0 aliphatic heterocycles. The lowest BCUT2D eigenvalue weighted by Gasteiger charge is -2.05. The summed E-state index contributed by atoms with van der Waals surface area (Å²) in [4.78, 5) is 22.1. The summed E-state index contributed by atoms with van der Waals surface area (Å²) in [5.74, 6) is -1.30. The summed E-state index contributed by atoms with van der Waals surface area (Å²) in [6, 6.07) is 6.41. The Labute approximate surface area is 123 Å². The maximum absolute atomic E-state index is 11.8. The molecule has 0 aliphatic rings. The first-order chi connectivity index (χ1) is 9.78. The van der Waals surface area contributed by atoms with E-state index >= 15 is 0 Å². The van der Waals surface area contributed by atoms with Gasteiger partial charge in [-0.3, -0.25) is 4.79 Å². The highest BCUT2D eigenvalue weighted by molar-refractivity contribution is 7.90. The van der Waals surface area contributed by atoms with Gasteiger partial charge in [0.2, 0.25) is 0 Å². The van der Waals surface area contributed by atoms with Crippen LogP contribution < -0.4 is 5.32 Å². The Balaban J connectivity index is 2.50. The van der Waals surface area contributed by atoms with E-state index in [2.05, 4.69) is 5.32 Å². The second kappa shape index (κ2) is 7.58. The van der Waals surface area contributed by atoms with Gasteiger partial charge < -0.3 is 10.4 Å². The molecule has 0 unspecified atom stereocenters. The van der Waals surface area contributed by atoms with Crippen molar-refractivity contribution in [1.82, 2.24) is 5.32 Å². The van der Waals surface area contributed by atoms with E-state index in [-0.39, 0.29) is 18.2 Å². The number of rotatable bonds is 7. The van der Waals surface area contributed by atoms with Crippen molar-refractivity contribution >= 4 is 27.8 Å². The number of carboxylic acid groups (broad SMARTS) is 1. The molecule has 0 aromatic heterocycles. The van der Waals surface area contributed by atoms with Gasteiger partial charge in [0.15, 0.2) is 0 Å². The predicted octanol–water partition coefficient (Wildman–Crippen LogP) is 0.949. The summed E-state index contributed by atoms with van der Waals surface area (Å²) in [7, 11) is -3.01. The normalized spacial score (nSPS) is 11.5. The van der Waals surface area contributed by atoms with Gasteiger partial charge >= 0.3 is 5.97 Å². The van der Waals surface area contributed by atoms with Crippen molar-refractivity contribution in [3.63, 3.8) is 0 Å². The van der Waals surface area contributed by atoms with Gasteiger partial charge in [-0.15, -0.1) is 0 Å². The van der Waals surface area contributed by atoms with Crippen LogP contribution in [0.15, 0.2) is 30.3 Å². The van der Waals surface area contributed by atoms with Gasteiger partial charge in [-0.05, 0) is 30.2 Å². The van der Waals surface area contributed by atoms with Crippen LogP contribution in [0.3, 0.4) is 0 Å². The first-order valence-corrected chi connectivity index (χ1v) is 8.31. The maximum atomic E-state index is 11.8. The Morgan fingerprint density at radius 2 is 1.86 bits per heavy atom. The zero-order valence-electron chi connectivity index (χ0n) is 11.6. The minimum absolute atomic E-state index is 0.0339. The number of hydrogen-bond donors (Lipinski definition) is 2. The molecule has 0 heterocycles. The van der Waals surface area contributed by atoms with E-state index in [0.29, 0.717) is 17.5 Å². The minimum Gasteiger partial charge on any atom is -0.478 e. The van der Waals surface area contributed by atoms with E-state index in [1.807, 2.05) is 0 Å². The van der Waals surface area contributed by atoms with Crippen LogP contribution in [0.25, 0.3) is 6.08 Å². The number of hydrogen-bond acceptors (Lipinski definition) is 4. The lowest BCUT2D eigenvalue weighted by Crippen LogP contribution is -2.25. The summed E-state index contributed by atoms with van der Waals surface area (Å²) in [5, 5.41) is 11.1. The Morgan fingerprint density at radius 1 is 1.24 bits per heavy atom. The molecule has 7 heteroatoms. The molecule has 0 bridgehead atoms. The summed E-state index contributed by atoms with van der Waals surface area (Å²) < 4.78 is 21.9. The SMILES string of the molecule is CS(=O)(=O)CCCNC(=O)c1ccc(C=CC(=O)O)cc1. The number of benzene rings is 1. The largest absolute Gasteiger partial charge is 0.478 e. The van der Waals surface area contributed by atoms with E-state index in [1.54, 1.807) is 24.3 Å². The second-order valence-corrected chi connectivity index (χ2v) is 6.79. The van der Waals surface area contributed by atoms with Crippen molar-refractivity contribution in [2.75, 3.05) is 18.6 Å². The Morgan fingerprint density at radius 3 is 2.38 bits per heavy atom. The smallest absolute Gasteiger partial charge is 0.328 e. The van der Waals surface area contributed by atoms with Gasteiger partial charge in [0, 0.05) is 24.4 Å². The van der Waals surface area contributed by atoms with Crippen LogP contribution in [0, 0.1) is 0 Å². The molecular formula is C14H17NO5S. The molecule has 0 atom stereocenters. The lowest BCUT2D eigenvalue weighted by atomic mass is 10.1. The molecule has 0 fully saturated rings. The van der Waals surface area contributed by atoms with Crippen LogP contribution >= 0.6 is 0 Å². The molecule has 0 radical (unpaired) electrons. The fourth-order valence-electron chi connectivity index (χ4n) is 1.55. The van der Waals surface area contributed by atoms with Crippen molar-refractivity contribution in [3.05, 3.63) is 41.5 Å². The first-order valence-electron chi connectivity index (χ1n) is 6.25. The Bertz CT molecular complexity index is 632. The van der Waals surface area contributed by atoms with Crippen molar-refractivity contribution < 1.29 is 23.1 Å². The highest BCUT2D eigenvalue weighted by atomic mass is 32.2. The standard InChI is InChI=1S/C14H17NO5S/c1-21(19,20)10-2-9-15-14(18)12-6-3-11(4-7-12)5-8-13(16)17/h3-8H,2,9-10H2,1H3,(H,15,18)(H,16,17). The topological polar surface area (TPSA) is 101 Å². The van der Waals surface area contributed by atoms with Crippen LogP contribution in [-0.2, 0) is 14.6 Å². The van der Waals surface area contributed by atoms with Gasteiger partial charge in [0.25, 0.3) is 5.91 Å². The van der Waals surface area contributed by atoms with Crippen LogP contribution in [0.2, 0.25) is 0 Å². The van der Waals surface area contributed by atoms with E-state index in [9.17, 15) is 18.0 Å². The number of nitrogens with one attached hydrogen (secondary N) is 1. The Kier molecular flexibility index (Phi) is 6.10. The van der Waals surface area contributed by atoms with Crippen molar-refractivity contribution in [2.45, 2.75) is 6.42 Å². The second-order valence-electron chi connectivity index (χ2n) is 4.53. The monoisotopic (exact) mass is 311 g/mol. The number of aliphatic carboxylic acids is 1. The van der Waals surface area contributed by atoms with Crippen LogP contribution in [0.5, 0.6) is 0 Å². The quantitative estimate of drug-likeness (QED) is 0.577. The molecule has 1 aromatic carbocycles. The number of amides is 1. The summed E-state index contributed by atoms with van der Waals surface area (Å²) in [6.07, 6.45) is 3.96. The van der Waals surface area contributed by atoms with Gasteiger partial charge in [0.1, 0.15) is 9.84 Å². The summed E-state index contributed by atoms with van der Waals surface area (Å²) >= 11 is 0. The molecule has 6 nitrogen and oxygen atoms in total. The zero-order valence-corrected chi connectivity index (χ0v) is 12.4. The summed E-state index contributed by atoms with van der Waals surface area (Å²) in [5.41, 5.74) is 1.10. The van der Waals surface area contributed by atoms with Crippen molar-refractivity contribution in [2.24, 2.45) is 0 Å². The third kappa shape index (κ3) is 7.26. The average Bonchev–Trinajstić information content (AvgIpc) is 2.40. The third-order valence-corrected chi connectivity index (χ3v) is 3.60. The van der Waals surface area contributed by atoms with Crippen LogP contribution in [0.1, 0.15) is 22.3 Å². The molecule has 0 saturated carbocycles. The van der Waals surface area contributed by atoms with Crippen molar-refractivity contribution in [3.8, 4) is 0 Å². The molecule has 1 amide bonds. The molecule has 0 saturated heterocycles. The highest BCUT2D eigenvalue weighted by Gasteiger charge is 2.06. The van der Waals surface area contributed by atoms with E-state index in [4.69, 9.17) is 5.11 Å². The van der Waals surface area contributed by atoms with Gasteiger partial charge in [0.05, 0.1) is 5.75 Å². The molecule has 1 aromatic rings. The fraction of sp³-hybridized carbons (Fsp3) is 0.286. The molecule has 2 N–H and O–H groups in total.